The van der Waals surface area contributed by atoms with E-state index in [0.717, 1.165) is 25.9 Å². The number of rotatable bonds is 2. The third kappa shape index (κ3) is 2.95. The molecule has 1 aliphatic carbocycles. The molecule has 2 heterocycles. The van der Waals surface area contributed by atoms with Crippen molar-refractivity contribution in [1.82, 2.24) is 10.2 Å². The van der Waals surface area contributed by atoms with Crippen molar-refractivity contribution in [1.29, 1.82) is 0 Å². The van der Waals surface area contributed by atoms with E-state index in [1.807, 2.05) is 4.90 Å². The molecular weight excluding hydrogens is 340 g/mol. The van der Waals surface area contributed by atoms with Crippen LogP contribution in [0.25, 0.3) is 10.8 Å². The lowest BCUT2D eigenvalue weighted by Crippen LogP contribution is -2.58. The molecule has 2 aromatic rings. The smallest absolute Gasteiger partial charge is 0.407 e. The Labute approximate surface area is 158 Å². The van der Waals surface area contributed by atoms with Gasteiger partial charge in [-0.2, -0.15) is 0 Å². The lowest BCUT2D eigenvalue weighted by molar-refractivity contribution is -0.142. The highest BCUT2D eigenvalue weighted by molar-refractivity contribution is 5.83. The zero-order valence-corrected chi connectivity index (χ0v) is 15.3. The number of likely N-dealkylation sites (tertiary alicyclic amines) is 1. The maximum Gasteiger partial charge on any atom is 0.407 e. The molecule has 0 radical (unpaired) electrons. The van der Waals surface area contributed by atoms with Gasteiger partial charge in [-0.05, 0) is 47.9 Å². The molecule has 0 unspecified atom stereocenters. The van der Waals surface area contributed by atoms with Crippen LogP contribution in [0.4, 0.5) is 4.79 Å². The van der Waals surface area contributed by atoms with Crippen molar-refractivity contribution in [2.45, 2.75) is 37.1 Å². The first kappa shape index (κ1) is 16.6. The minimum atomic E-state index is -0.350. The van der Waals surface area contributed by atoms with Crippen LogP contribution in [0, 0.1) is 5.92 Å². The Morgan fingerprint density at radius 2 is 1.81 bits per heavy atom. The highest BCUT2D eigenvalue weighted by atomic mass is 16.6. The van der Waals surface area contributed by atoms with E-state index >= 15 is 0 Å². The third-order valence-electron chi connectivity index (χ3n) is 6.52. The molecule has 1 spiro atoms. The fourth-order valence-corrected chi connectivity index (χ4v) is 4.92. The van der Waals surface area contributed by atoms with E-state index in [0.29, 0.717) is 25.4 Å². The number of hydrogen-bond acceptors (Lipinski definition) is 3. The van der Waals surface area contributed by atoms with Gasteiger partial charge >= 0.3 is 6.09 Å². The number of carbonyl (C=O) groups is 2. The van der Waals surface area contributed by atoms with Gasteiger partial charge in [0.05, 0.1) is 5.54 Å². The summed E-state index contributed by atoms with van der Waals surface area (Å²) in [6.45, 7) is 2.05. The topological polar surface area (TPSA) is 58.6 Å². The lowest BCUT2D eigenvalue weighted by atomic mass is 9.68. The first-order valence-corrected chi connectivity index (χ1v) is 9.84. The number of nitrogens with one attached hydrogen (secondary N) is 1. The molecule has 3 aliphatic rings. The number of cyclic esters (lactones) is 1. The van der Waals surface area contributed by atoms with Gasteiger partial charge in [0.25, 0.3) is 0 Å². The van der Waals surface area contributed by atoms with E-state index in [4.69, 9.17) is 4.74 Å². The molecular formula is C22H24N2O3. The van der Waals surface area contributed by atoms with Gasteiger partial charge in [-0.25, -0.2) is 4.79 Å². The zero-order chi connectivity index (χ0) is 18.4. The van der Waals surface area contributed by atoms with Crippen LogP contribution in [0.3, 0.4) is 0 Å². The SMILES string of the molecule is O=C1N[C@]2(CO1)C[C@H](C(=O)N1CCC(c3ccc4ccccc4c3)CC1)C2. The normalized spacial score (nSPS) is 28.1. The lowest BCUT2D eigenvalue weighted by Gasteiger charge is -2.45. The van der Waals surface area contributed by atoms with Crippen molar-refractivity contribution in [3.63, 3.8) is 0 Å². The average Bonchev–Trinajstić information content (AvgIpc) is 3.08. The van der Waals surface area contributed by atoms with E-state index in [1.165, 1.54) is 16.3 Å². The van der Waals surface area contributed by atoms with Crippen LogP contribution in [0.2, 0.25) is 0 Å². The molecule has 2 aliphatic heterocycles. The molecule has 2 amide bonds. The van der Waals surface area contributed by atoms with Gasteiger partial charge < -0.3 is 15.0 Å². The third-order valence-corrected chi connectivity index (χ3v) is 6.52. The summed E-state index contributed by atoms with van der Waals surface area (Å²) in [6, 6.07) is 15.2. The minimum absolute atomic E-state index is 0.0317. The number of nitrogens with zero attached hydrogens (tertiary/aromatic N) is 1. The summed E-state index contributed by atoms with van der Waals surface area (Å²) in [7, 11) is 0. The molecule has 140 valence electrons. The van der Waals surface area contributed by atoms with Crippen molar-refractivity contribution in [2.75, 3.05) is 19.7 Å². The van der Waals surface area contributed by atoms with E-state index in [1.54, 1.807) is 0 Å². The van der Waals surface area contributed by atoms with Gasteiger partial charge in [-0.3, -0.25) is 4.79 Å². The van der Waals surface area contributed by atoms with Gasteiger partial charge in [0.15, 0.2) is 0 Å². The minimum Gasteiger partial charge on any atom is -0.447 e. The van der Waals surface area contributed by atoms with Crippen LogP contribution in [-0.2, 0) is 9.53 Å². The zero-order valence-electron chi connectivity index (χ0n) is 15.3. The fourth-order valence-electron chi connectivity index (χ4n) is 4.92. The Morgan fingerprint density at radius 1 is 1.07 bits per heavy atom. The van der Waals surface area contributed by atoms with Gasteiger partial charge in [-0.15, -0.1) is 0 Å². The van der Waals surface area contributed by atoms with Crippen molar-refractivity contribution >= 4 is 22.8 Å². The first-order valence-electron chi connectivity index (χ1n) is 9.84. The second kappa shape index (κ2) is 6.25. The number of hydrogen-bond donors (Lipinski definition) is 1. The Morgan fingerprint density at radius 3 is 2.52 bits per heavy atom. The van der Waals surface area contributed by atoms with Crippen LogP contribution in [0.1, 0.15) is 37.2 Å². The van der Waals surface area contributed by atoms with E-state index in [2.05, 4.69) is 47.8 Å². The van der Waals surface area contributed by atoms with Crippen LogP contribution >= 0.6 is 0 Å². The average molecular weight is 364 g/mol. The molecule has 0 aromatic heterocycles. The standard InChI is InChI=1S/C22H24N2O3/c25-20(19-12-22(13-19)14-27-21(26)23-22)24-9-7-16(8-10-24)18-6-5-15-3-1-2-4-17(15)11-18/h1-6,11,16,19H,7-10,12-14H2,(H,23,26)/t19-,22+. The number of ether oxygens (including phenoxy) is 1. The molecule has 1 N–H and O–H groups in total. The van der Waals surface area contributed by atoms with Crippen LogP contribution < -0.4 is 5.32 Å². The van der Waals surface area contributed by atoms with E-state index < -0.39 is 0 Å². The molecule has 2 aromatic carbocycles. The Hall–Kier alpha value is -2.56. The number of piperidine rings is 1. The molecule has 2 saturated heterocycles. The quantitative estimate of drug-likeness (QED) is 0.888. The molecule has 0 atom stereocenters. The van der Waals surface area contributed by atoms with Gasteiger partial charge in [-0.1, -0.05) is 42.5 Å². The molecule has 3 fully saturated rings. The van der Waals surface area contributed by atoms with Gasteiger partial charge in [0, 0.05) is 19.0 Å². The summed E-state index contributed by atoms with van der Waals surface area (Å²) in [5.74, 6) is 0.803. The summed E-state index contributed by atoms with van der Waals surface area (Å²) in [4.78, 5) is 26.1. The number of carbonyl (C=O) groups excluding carboxylic acids is 2. The van der Waals surface area contributed by atoms with Gasteiger partial charge in [0.1, 0.15) is 6.61 Å². The Balaban J connectivity index is 1.19. The first-order chi connectivity index (χ1) is 13.1. The molecule has 1 saturated carbocycles. The second-order valence-corrected chi connectivity index (χ2v) is 8.29. The van der Waals surface area contributed by atoms with Crippen molar-refractivity contribution < 1.29 is 14.3 Å². The summed E-state index contributed by atoms with van der Waals surface area (Å²) in [5, 5.41) is 5.43. The van der Waals surface area contributed by atoms with Crippen LogP contribution in [0.15, 0.2) is 42.5 Å². The Bertz CT molecular complexity index is 895. The van der Waals surface area contributed by atoms with Crippen molar-refractivity contribution in [3.05, 3.63) is 48.0 Å². The number of amides is 2. The van der Waals surface area contributed by atoms with Crippen molar-refractivity contribution in [3.8, 4) is 0 Å². The van der Waals surface area contributed by atoms with Crippen molar-refractivity contribution in [2.24, 2.45) is 5.92 Å². The fraction of sp³-hybridized carbons (Fsp3) is 0.455. The number of fused-ring (bicyclic) bond motifs is 1. The van der Waals surface area contributed by atoms with Gasteiger partial charge in [0.2, 0.25) is 5.91 Å². The molecule has 0 bridgehead atoms. The summed E-state index contributed by atoms with van der Waals surface area (Å²) in [5.41, 5.74) is 1.11. The van der Waals surface area contributed by atoms with E-state index in [-0.39, 0.29) is 23.5 Å². The second-order valence-electron chi connectivity index (χ2n) is 8.29. The molecule has 5 rings (SSSR count). The Kier molecular flexibility index (Phi) is 3.85. The molecule has 5 nitrogen and oxygen atoms in total. The van der Waals surface area contributed by atoms with E-state index in [9.17, 15) is 9.59 Å². The number of alkyl carbamates (subject to hydrolysis) is 1. The maximum atomic E-state index is 12.8. The predicted octanol–water partition coefficient (Wildman–Crippen LogP) is 3.43. The summed E-state index contributed by atoms with van der Waals surface area (Å²) < 4.78 is 5.00. The highest BCUT2D eigenvalue weighted by Crippen LogP contribution is 2.42. The molecule has 27 heavy (non-hydrogen) atoms. The van der Waals surface area contributed by atoms with Crippen LogP contribution in [-0.4, -0.2) is 42.1 Å². The molecule has 5 heteroatoms. The monoisotopic (exact) mass is 364 g/mol. The largest absolute Gasteiger partial charge is 0.447 e. The summed E-state index contributed by atoms with van der Waals surface area (Å²) in [6.07, 6.45) is 3.10. The summed E-state index contributed by atoms with van der Waals surface area (Å²) >= 11 is 0. The predicted molar refractivity (Wildman–Crippen MR) is 102 cm³/mol. The maximum absolute atomic E-state index is 12.8. The van der Waals surface area contributed by atoms with Crippen LogP contribution in [0.5, 0.6) is 0 Å². The number of benzene rings is 2. The highest BCUT2D eigenvalue weighted by Gasteiger charge is 2.53.